The first-order valence-corrected chi connectivity index (χ1v) is 6.88. The maximum absolute atomic E-state index is 12.0. The van der Waals surface area contributed by atoms with E-state index in [1.165, 1.54) is 25.4 Å². The molecule has 18 heavy (non-hydrogen) atoms. The molecule has 1 heterocycles. The zero-order valence-corrected chi connectivity index (χ0v) is 11.0. The van der Waals surface area contributed by atoms with Crippen LogP contribution in [-0.2, 0) is 14.8 Å². The smallest absolute Gasteiger partial charge is 0.244 e. The highest BCUT2D eigenvalue weighted by molar-refractivity contribution is 7.89. The molecule has 0 spiro atoms. The lowest BCUT2D eigenvalue weighted by molar-refractivity contribution is -0.119. The number of carbonyl (C=O) groups excluding carboxylic acids is 1. The van der Waals surface area contributed by atoms with E-state index in [0.29, 0.717) is 6.54 Å². The number of hydrogen-bond acceptors (Lipinski definition) is 5. The monoisotopic (exact) mass is 272 g/mol. The van der Waals surface area contributed by atoms with Crippen LogP contribution in [0.25, 0.3) is 0 Å². The average molecular weight is 272 g/mol. The largest absolute Gasteiger partial charge is 0.369 e. The van der Waals surface area contributed by atoms with Crippen molar-refractivity contribution in [1.82, 2.24) is 15.0 Å². The fourth-order valence-electron chi connectivity index (χ4n) is 1.23. The summed E-state index contributed by atoms with van der Waals surface area (Å²) in [6.45, 7) is 2.08. The molecule has 1 rings (SSSR count). The van der Waals surface area contributed by atoms with Crippen LogP contribution in [0, 0.1) is 0 Å². The lowest BCUT2D eigenvalue weighted by atomic mass is 10.4. The van der Waals surface area contributed by atoms with Crippen molar-refractivity contribution in [2.24, 2.45) is 0 Å². The minimum atomic E-state index is -3.75. The van der Waals surface area contributed by atoms with Crippen LogP contribution in [0.1, 0.15) is 6.92 Å². The van der Waals surface area contributed by atoms with E-state index in [0.717, 1.165) is 0 Å². The Labute approximate surface area is 106 Å². The molecule has 3 N–H and O–H groups in total. The van der Waals surface area contributed by atoms with Gasteiger partial charge < -0.3 is 10.6 Å². The van der Waals surface area contributed by atoms with Gasteiger partial charge in [0, 0.05) is 19.8 Å². The Balaban J connectivity index is 2.94. The van der Waals surface area contributed by atoms with Crippen molar-refractivity contribution in [3.8, 4) is 0 Å². The fourth-order valence-corrected chi connectivity index (χ4v) is 2.35. The molecule has 0 fully saturated rings. The van der Waals surface area contributed by atoms with Gasteiger partial charge in [-0.15, -0.1) is 0 Å². The fraction of sp³-hybridized carbons (Fsp3) is 0.400. The SMILES string of the molecule is CCNc1ncccc1S(=O)(=O)NCC(=O)NC. The molecule has 0 radical (unpaired) electrons. The van der Waals surface area contributed by atoms with Crippen LogP contribution >= 0.6 is 0 Å². The summed E-state index contributed by atoms with van der Waals surface area (Å²) in [7, 11) is -2.32. The predicted molar refractivity (Wildman–Crippen MR) is 67.7 cm³/mol. The lowest BCUT2D eigenvalue weighted by Gasteiger charge is -2.10. The van der Waals surface area contributed by atoms with Crippen molar-refractivity contribution >= 4 is 21.7 Å². The molecule has 0 saturated heterocycles. The van der Waals surface area contributed by atoms with Crippen LogP contribution in [0.5, 0.6) is 0 Å². The van der Waals surface area contributed by atoms with Gasteiger partial charge in [-0.2, -0.15) is 0 Å². The zero-order valence-electron chi connectivity index (χ0n) is 10.2. The molecule has 0 aromatic carbocycles. The van der Waals surface area contributed by atoms with E-state index in [1.807, 2.05) is 6.92 Å². The number of likely N-dealkylation sites (N-methyl/N-ethyl adjacent to an activating group) is 1. The van der Waals surface area contributed by atoms with Crippen LogP contribution in [-0.4, -0.2) is 39.4 Å². The summed E-state index contributed by atoms with van der Waals surface area (Å²) >= 11 is 0. The highest BCUT2D eigenvalue weighted by Gasteiger charge is 2.19. The number of rotatable bonds is 6. The van der Waals surface area contributed by atoms with Crippen molar-refractivity contribution in [2.75, 3.05) is 25.5 Å². The zero-order chi connectivity index (χ0) is 13.6. The Morgan fingerprint density at radius 3 is 2.78 bits per heavy atom. The second-order valence-corrected chi connectivity index (χ2v) is 5.11. The maximum Gasteiger partial charge on any atom is 0.244 e. The molecular formula is C10H16N4O3S. The Hall–Kier alpha value is -1.67. The first kappa shape index (κ1) is 14.4. The molecule has 0 aliphatic rings. The normalized spacial score (nSPS) is 11.0. The predicted octanol–water partition coefficient (Wildman–Crippen LogP) is -0.462. The molecule has 1 amide bonds. The number of carbonyl (C=O) groups is 1. The van der Waals surface area contributed by atoms with Crippen LogP contribution < -0.4 is 15.4 Å². The van der Waals surface area contributed by atoms with Crippen LogP contribution in [0.15, 0.2) is 23.2 Å². The Kier molecular flexibility index (Phi) is 5.05. The van der Waals surface area contributed by atoms with Gasteiger partial charge in [0.2, 0.25) is 15.9 Å². The van der Waals surface area contributed by atoms with Gasteiger partial charge in [0.15, 0.2) is 0 Å². The quantitative estimate of drug-likeness (QED) is 0.650. The number of nitrogens with one attached hydrogen (secondary N) is 3. The van der Waals surface area contributed by atoms with Crippen molar-refractivity contribution in [3.63, 3.8) is 0 Å². The van der Waals surface area contributed by atoms with E-state index in [2.05, 4.69) is 20.3 Å². The van der Waals surface area contributed by atoms with Gasteiger partial charge in [-0.3, -0.25) is 4.79 Å². The second kappa shape index (κ2) is 6.31. The van der Waals surface area contributed by atoms with E-state index < -0.39 is 15.9 Å². The standard InChI is InChI=1S/C10H16N4O3S/c1-3-12-10-8(5-4-6-13-10)18(16,17)14-7-9(15)11-2/h4-6,14H,3,7H2,1-2H3,(H,11,15)(H,12,13). The summed E-state index contributed by atoms with van der Waals surface area (Å²) in [6.07, 6.45) is 1.50. The third-order valence-corrected chi connectivity index (χ3v) is 3.54. The highest BCUT2D eigenvalue weighted by Crippen LogP contribution is 2.17. The molecule has 0 unspecified atom stereocenters. The summed E-state index contributed by atoms with van der Waals surface area (Å²) in [5.74, 6) is -0.142. The van der Waals surface area contributed by atoms with Gasteiger partial charge in [0.1, 0.15) is 10.7 Å². The molecule has 0 aliphatic carbocycles. The van der Waals surface area contributed by atoms with Crippen molar-refractivity contribution in [3.05, 3.63) is 18.3 Å². The Bertz CT molecular complexity index is 516. The van der Waals surface area contributed by atoms with Crippen LogP contribution in [0.3, 0.4) is 0 Å². The van der Waals surface area contributed by atoms with Gasteiger partial charge in [0.05, 0.1) is 6.54 Å². The van der Waals surface area contributed by atoms with Gasteiger partial charge in [0.25, 0.3) is 0 Å². The van der Waals surface area contributed by atoms with Crippen LogP contribution in [0.2, 0.25) is 0 Å². The summed E-state index contributed by atoms with van der Waals surface area (Å²) < 4.78 is 26.2. The number of amides is 1. The molecule has 8 heteroatoms. The minimum Gasteiger partial charge on any atom is -0.369 e. The maximum atomic E-state index is 12.0. The molecule has 0 aliphatic heterocycles. The summed E-state index contributed by atoms with van der Waals surface area (Å²) in [6, 6.07) is 2.95. The Morgan fingerprint density at radius 2 is 2.17 bits per heavy atom. The van der Waals surface area contributed by atoms with Gasteiger partial charge in [-0.05, 0) is 19.1 Å². The topological polar surface area (TPSA) is 100 Å². The summed E-state index contributed by atoms with van der Waals surface area (Å²) in [5, 5.41) is 5.18. The molecule has 1 aromatic heterocycles. The third kappa shape index (κ3) is 3.67. The molecule has 0 saturated carbocycles. The highest BCUT2D eigenvalue weighted by atomic mass is 32.2. The summed E-state index contributed by atoms with van der Waals surface area (Å²) in [4.78, 5) is 15.0. The molecule has 0 atom stereocenters. The van der Waals surface area contributed by atoms with E-state index in [4.69, 9.17) is 0 Å². The first-order valence-electron chi connectivity index (χ1n) is 5.40. The Morgan fingerprint density at radius 1 is 1.44 bits per heavy atom. The molecule has 1 aromatic rings. The first-order chi connectivity index (χ1) is 8.51. The van der Waals surface area contributed by atoms with Gasteiger partial charge in [-0.1, -0.05) is 0 Å². The van der Waals surface area contributed by atoms with E-state index in [9.17, 15) is 13.2 Å². The van der Waals surface area contributed by atoms with Crippen LogP contribution in [0.4, 0.5) is 5.82 Å². The van der Waals surface area contributed by atoms with Gasteiger partial charge in [-0.25, -0.2) is 18.1 Å². The number of pyridine rings is 1. The molecular weight excluding hydrogens is 256 g/mol. The molecule has 100 valence electrons. The lowest BCUT2D eigenvalue weighted by Crippen LogP contribution is -2.35. The minimum absolute atomic E-state index is 0.0238. The average Bonchev–Trinajstić information content (AvgIpc) is 2.37. The van der Waals surface area contributed by atoms with Crippen molar-refractivity contribution in [1.29, 1.82) is 0 Å². The third-order valence-electron chi connectivity index (χ3n) is 2.11. The molecule has 0 bridgehead atoms. The van der Waals surface area contributed by atoms with E-state index in [1.54, 1.807) is 0 Å². The van der Waals surface area contributed by atoms with Crippen molar-refractivity contribution in [2.45, 2.75) is 11.8 Å². The number of anilines is 1. The van der Waals surface area contributed by atoms with Gasteiger partial charge >= 0.3 is 0 Å². The van der Waals surface area contributed by atoms with E-state index in [-0.39, 0.29) is 17.3 Å². The number of nitrogens with zero attached hydrogens (tertiary/aromatic N) is 1. The summed E-state index contributed by atoms with van der Waals surface area (Å²) in [5.41, 5.74) is 0. The number of aromatic nitrogens is 1. The number of hydrogen-bond donors (Lipinski definition) is 3. The van der Waals surface area contributed by atoms with E-state index >= 15 is 0 Å². The number of sulfonamides is 1. The van der Waals surface area contributed by atoms with Crippen molar-refractivity contribution < 1.29 is 13.2 Å². The molecule has 7 nitrogen and oxygen atoms in total. The second-order valence-electron chi connectivity index (χ2n) is 3.38.